The van der Waals surface area contributed by atoms with Crippen molar-refractivity contribution in [2.45, 2.75) is 0 Å². The van der Waals surface area contributed by atoms with Crippen molar-refractivity contribution in [3.8, 4) is 11.1 Å². The average Bonchev–Trinajstić information content (AvgIpc) is 3.23. The van der Waals surface area contributed by atoms with Gasteiger partial charge < -0.3 is 20.1 Å². The summed E-state index contributed by atoms with van der Waals surface area (Å²) in [7, 11) is 0. The first-order valence-electron chi connectivity index (χ1n) is 9.81. The molecule has 2 N–H and O–H groups in total. The quantitative estimate of drug-likeness (QED) is 0.487. The van der Waals surface area contributed by atoms with Crippen molar-refractivity contribution >= 4 is 45.0 Å². The monoisotopic (exact) mass is 433 g/mol. The van der Waals surface area contributed by atoms with E-state index in [0.717, 1.165) is 59.2 Å². The minimum absolute atomic E-state index is 0.258. The molecule has 4 aromatic rings. The van der Waals surface area contributed by atoms with Crippen LogP contribution in [0.4, 0.5) is 17.5 Å². The molecule has 0 saturated carbocycles. The number of morpholine rings is 1. The van der Waals surface area contributed by atoms with E-state index in [1.807, 2.05) is 17.5 Å². The van der Waals surface area contributed by atoms with Gasteiger partial charge in [-0.05, 0) is 29.8 Å². The molecule has 3 aromatic heterocycles. The maximum atomic E-state index is 11.1. The van der Waals surface area contributed by atoms with Crippen molar-refractivity contribution < 1.29 is 14.6 Å². The Bertz CT molecular complexity index is 1220. The summed E-state index contributed by atoms with van der Waals surface area (Å²) < 4.78 is 6.35. The second-order valence-electron chi connectivity index (χ2n) is 7.07. The number of pyridine rings is 1. The summed E-state index contributed by atoms with van der Waals surface area (Å²) in [6, 6.07) is 10.7. The smallest absolute Gasteiger partial charge is 0.335 e. The third-order valence-corrected chi connectivity index (χ3v) is 6.00. The highest BCUT2D eigenvalue weighted by atomic mass is 32.1. The highest BCUT2D eigenvalue weighted by molar-refractivity contribution is 7.17. The minimum atomic E-state index is -0.941. The average molecular weight is 433 g/mol. The Labute approximate surface area is 182 Å². The normalized spacial score (nSPS) is 14.0. The first-order valence-corrected chi connectivity index (χ1v) is 10.7. The first kappa shape index (κ1) is 19.4. The number of aromatic nitrogens is 3. The highest BCUT2D eigenvalue weighted by Gasteiger charge is 2.13. The molecule has 1 aliphatic heterocycles. The lowest BCUT2D eigenvalue weighted by Gasteiger charge is -2.27. The van der Waals surface area contributed by atoms with Crippen molar-refractivity contribution in [3.63, 3.8) is 0 Å². The number of hydrogen-bond acceptors (Lipinski definition) is 8. The Kier molecular flexibility index (Phi) is 5.19. The Morgan fingerprint density at radius 2 is 1.87 bits per heavy atom. The number of anilines is 3. The molecule has 4 heterocycles. The summed E-state index contributed by atoms with van der Waals surface area (Å²) in [6.45, 7) is 3.12. The molecule has 156 valence electrons. The molecule has 1 aliphatic rings. The molecule has 0 amide bonds. The van der Waals surface area contributed by atoms with Crippen LogP contribution in [0.5, 0.6) is 0 Å². The van der Waals surface area contributed by atoms with Gasteiger partial charge in [-0.1, -0.05) is 12.1 Å². The molecule has 0 unspecified atom stereocenters. The van der Waals surface area contributed by atoms with Crippen molar-refractivity contribution in [1.29, 1.82) is 0 Å². The molecule has 8 nitrogen and oxygen atoms in total. The van der Waals surface area contributed by atoms with Crippen LogP contribution in [0, 0.1) is 0 Å². The van der Waals surface area contributed by atoms with E-state index in [-0.39, 0.29) is 5.56 Å². The number of nitrogens with zero attached hydrogens (tertiary/aromatic N) is 4. The molecule has 0 aliphatic carbocycles. The number of rotatable bonds is 5. The third-order valence-electron chi connectivity index (χ3n) is 5.10. The van der Waals surface area contributed by atoms with Gasteiger partial charge in [0.2, 0.25) is 5.95 Å². The molecule has 5 rings (SSSR count). The highest BCUT2D eigenvalue weighted by Crippen LogP contribution is 2.33. The zero-order valence-electron chi connectivity index (χ0n) is 16.5. The van der Waals surface area contributed by atoms with E-state index in [4.69, 9.17) is 14.8 Å². The minimum Gasteiger partial charge on any atom is -0.478 e. The van der Waals surface area contributed by atoms with Crippen molar-refractivity contribution in [1.82, 2.24) is 15.0 Å². The summed E-state index contributed by atoms with van der Waals surface area (Å²) in [6.07, 6.45) is 3.57. The van der Waals surface area contributed by atoms with E-state index in [1.54, 1.807) is 48.0 Å². The maximum absolute atomic E-state index is 11.1. The molecule has 0 radical (unpaired) electrons. The molecule has 0 bridgehead atoms. The van der Waals surface area contributed by atoms with Crippen LogP contribution in [0.3, 0.4) is 0 Å². The lowest BCUT2D eigenvalue weighted by molar-refractivity contribution is 0.0697. The summed E-state index contributed by atoms with van der Waals surface area (Å²) in [5.74, 6) is 0.467. The van der Waals surface area contributed by atoms with Crippen LogP contribution in [0.25, 0.3) is 21.3 Å². The fourth-order valence-electron chi connectivity index (χ4n) is 3.45. The van der Waals surface area contributed by atoms with E-state index in [9.17, 15) is 4.79 Å². The molecule has 0 atom stereocenters. The van der Waals surface area contributed by atoms with E-state index in [1.165, 1.54) is 0 Å². The van der Waals surface area contributed by atoms with Crippen LogP contribution in [0.2, 0.25) is 0 Å². The van der Waals surface area contributed by atoms with Gasteiger partial charge in [0.1, 0.15) is 5.82 Å². The van der Waals surface area contributed by atoms with Crippen molar-refractivity contribution in [3.05, 3.63) is 59.7 Å². The molecule has 1 fully saturated rings. The second-order valence-corrected chi connectivity index (χ2v) is 7.98. The molecular formula is C22H19N5O3S. The van der Waals surface area contributed by atoms with Gasteiger partial charge in [-0.3, -0.25) is 0 Å². The van der Waals surface area contributed by atoms with Crippen molar-refractivity contribution in [2.75, 3.05) is 36.5 Å². The van der Waals surface area contributed by atoms with Gasteiger partial charge in [-0.25, -0.2) is 19.7 Å². The SMILES string of the molecule is O=C(O)c1ccc(-c2csc3cnc(Nc4ccc(N5CCOCC5)nc4)nc23)cc1. The number of thiophene rings is 1. The Morgan fingerprint density at radius 1 is 1.06 bits per heavy atom. The molecule has 0 spiro atoms. The molecule has 1 aromatic carbocycles. The standard InChI is InChI=1S/C22H19N5O3S/c28-21(29)15-3-1-14(2-4-15)17-13-31-18-12-24-22(26-20(17)18)25-16-5-6-19(23-11-16)27-7-9-30-10-8-27/h1-6,11-13H,7-10H2,(H,28,29)(H,24,25,26). The molecular weight excluding hydrogens is 414 g/mol. The first-order chi connectivity index (χ1) is 15.2. The van der Waals surface area contributed by atoms with Crippen molar-refractivity contribution in [2.24, 2.45) is 0 Å². The van der Waals surface area contributed by atoms with Gasteiger partial charge >= 0.3 is 5.97 Å². The lowest BCUT2D eigenvalue weighted by Crippen LogP contribution is -2.36. The number of carboxylic acids is 1. The number of hydrogen-bond donors (Lipinski definition) is 2. The predicted octanol–water partition coefficient (Wildman–Crippen LogP) is 4.03. The number of carbonyl (C=O) groups is 1. The van der Waals surface area contributed by atoms with E-state index in [2.05, 4.69) is 20.2 Å². The number of carboxylic acid groups (broad SMARTS) is 1. The van der Waals surface area contributed by atoms with E-state index < -0.39 is 5.97 Å². The molecule has 1 saturated heterocycles. The van der Waals surface area contributed by atoms with Gasteiger partial charge in [0, 0.05) is 24.0 Å². The lowest BCUT2D eigenvalue weighted by atomic mass is 10.1. The summed E-state index contributed by atoms with van der Waals surface area (Å²) in [4.78, 5) is 27.0. The maximum Gasteiger partial charge on any atom is 0.335 e. The van der Waals surface area contributed by atoms with Crippen LogP contribution in [-0.4, -0.2) is 52.3 Å². The number of ether oxygens (including phenoxy) is 1. The number of fused-ring (bicyclic) bond motifs is 1. The largest absolute Gasteiger partial charge is 0.478 e. The molecule has 9 heteroatoms. The predicted molar refractivity (Wildman–Crippen MR) is 120 cm³/mol. The summed E-state index contributed by atoms with van der Waals surface area (Å²) in [5.41, 5.74) is 3.75. The number of nitrogens with one attached hydrogen (secondary N) is 1. The van der Waals surface area contributed by atoms with Gasteiger partial charge in [0.05, 0.1) is 47.1 Å². The number of aromatic carboxylic acids is 1. The zero-order valence-corrected chi connectivity index (χ0v) is 17.3. The Hall–Kier alpha value is -3.56. The van der Waals surface area contributed by atoms with E-state index in [0.29, 0.717) is 5.95 Å². The Morgan fingerprint density at radius 3 is 2.58 bits per heavy atom. The van der Waals surface area contributed by atoms with Crippen LogP contribution >= 0.6 is 11.3 Å². The summed E-state index contributed by atoms with van der Waals surface area (Å²) >= 11 is 1.55. The second kappa shape index (κ2) is 8.29. The van der Waals surface area contributed by atoms with Gasteiger partial charge in [-0.15, -0.1) is 11.3 Å². The van der Waals surface area contributed by atoms with Gasteiger partial charge in [0.25, 0.3) is 0 Å². The summed E-state index contributed by atoms with van der Waals surface area (Å²) in [5, 5.41) is 14.3. The van der Waals surface area contributed by atoms with Gasteiger partial charge in [-0.2, -0.15) is 0 Å². The topological polar surface area (TPSA) is 100 Å². The van der Waals surface area contributed by atoms with E-state index >= 15 is 0 Å². The van der Waals surface area contributed by atoms with Crippen LogP contribution in [-0.2, 0) is 4.74 Å². The fraction of sp³-hybridized carbons (Fsp3) is 0.182. The number of benzene rings is 1. The van der Waals surface area contributed by atoms with Crippen LogP contribution < -0.4 is 10.2 Å². The molecule has 31 heavy (non-hydrogen) atoms. The van der Waals surface area contributed by atoms with Crippen LogP contribution in [0.1, 0.15) is 10.4 Å². The third kappa shape index (κ3) is 4.05. The zero-order chi connectivity index (χ0) is 21.2. The Balaban J connectivity index is 1.38. The van der Waals surface area contributed by atoms with Gasteiger partial charge in [0.15, 0.2) is 0 Å². The fourth-order valence-corrected chi connectivity index (χ4v) is 4.33. The van der Waals surface area contributed by atoms with Crippen LogP contribution in [0.15, 0.2) is 54.2 Å².